The van der Waals surface area contributed by atoms with Gasteiger partial charge < -0.3 is 27.9 Å². The molecule has 0 saturated heterocycles. The van der Waals surface area contributed by atoms with Crippen molar-refractivity contribution in [1.82, 2.24) is 29.0 Å². The van der Waals surface area contributed by atoms with Gasteiger partial charge in [0.25, 0.3) is 0 Å². The van der Waals surface area contributed by atoms with Gasteiger partial charge in [-0.2, -0.15) is 0 Å². The van der Waals surface area contributed by atoms with Crippen LogP contribution in [0.5, 0.6) is 0 Å². The number of nitrogens with one attached hydrogen (secondary N) is 1. The average Bonchev–Trinajstić information content (AvgIpc) is 1.54. The van der Waals surface area contributed by atoms with Gasteiger partial charge in [-0.3, -0.25) is 0 Å². The lowest BCUT2D eigenvalue weighted by Gasteiger charge is -2.25. The summed E-state index contributed by atoms with van der Waals surface area (Å²) in [5.41, 5.74) is 33.8. The monoisotopic (exact) mass is 1560 g/mol. The van der Waals surface area contributed by atoms with Gasteiger partial charge in [0.1, 0.15) is 28.2 Å². The summed E-state index contributed by atoms with van der Waals surface area (Å²) >= 11 is 0. The Balaban J connectivity index is 0.543. The number of amidine groups is 1. The van der Waals surface area contributed by atoms with Crippen LogP contribution in [0, 0.1) is 0 Å². The molecule has 0 bridgehead atoms. The van der Waals surface area contributed by atoms with Crippen LogP contribution in [-0.4, -0.2) is 29.5 Å². The lowest BCUT2D eigenvalue weighted by Crippen LogP contribution is -2.31. The topological polar surface area (TPSA) is 91.2 Å². The first-order chi connectivity index (χ1) is 60.2. The number of aromatic nitrogens is 5. The largest absolute Gasteiger partial charge is 0.456 e. The van der Waals surface area contributed by atoms with E-state index in [4.69, 9.17) is 23.8 Å². The Morgan fingerprint density at radius 1 is 0.295 bits per heavy atom. The van der Waals surface area contributed by atoms with Gasteiger partial charge in [-0.05, 0) is 176 Å². The van der Waals surface area contributed by atoms with Crippen molar-refractivity contribution in [2.45, 2.75) is 25.3 Å². The lowest BCUT2D eigenvalue weighted by atomic mass is 9.82. The number of hydrogen-bond acceptors (Lipinski definition) is 6. The molecular weight excluding hydrogens is 1490 g/mol. The van der Waals surface area contributed by atoms with Crippen LogP contribution in [0.4, 0.5) is 0 Å². The molecule has 0 saturated carbocycles. The second-order valence-corrected chi connectivity index (χ2v) is 33.0. The standard InChI is InChI=1S/C113H73N7O2/c1-113(2)91-57-52-78(61-86(91)87-64-88-83-36-17-19-38-98(83)119(102(88)65-92(87)113)100-40-22-42-105-107(100)89-62-76(53-58-103(89)121-105)68-44-48-73(49-45-68)111-114-93(70-24-7-3-8-25-70)66-94(115-111)71-26-9-4-10-27-71)75-30-21-31-79(60-75)96-67-95(72-28-11-5-12-29-72)116-112(117-96)74-50-46-69(47-51-74)77-54-59-104-90(63-77)108-101(41-23-43-106(108)122-104)120-99-39-20-16-35-82(99)85-56-55-84-81-34-15-18-37-97(81)118(109(84)110(85)120)80-32-13-6-14-33-80/h3-67,95H,1-2H3,(H,116,117). The summed E-state index contributed by atoms with van der Waals surface area (Å²) < 4.78 is 21.0. The summed E-state index contributed by atoms with van der Waals surface area (Å²) in [6, 6.07) is 140. The Morgan fingerprint density at radius 3 is 1.37 bits per heavy atom. The second-order valence-electron chi connectivity index (χ2n) is 33.0. The van der Waals surface area contributed by atoms with Crippen LogP contribution in [-0.2, 0) is 5.41 Å². The molecule has 17 aromatic carbocycles. The minimum Gasteiger partial charge on any atom is -0.456 e. The van der Waals surface area contributed by atoms with E-state index >= 15 is 0 Å². The number of benzene rings is 17. The highest BCUT2D eigenvalue weighted by atomic mass is 16.3. The van der Waals surface area contributed by atoms with Gasteiger partial charge in [0.05, 0.1) is 78.4 Å². The molecule has 1 N–H and O–H groups in total. The summed E-state index contributed by atoms with van der Waals surface area (Å²) in [5.74, 6) is 1.49. The third kappa shape index (κ3) is 10.8. The third-order valence-corrected chi connectivity index (χ3v) is 25.7. The number of rotatable bonds is 12. The highest BCUT2D eigenvalue weighted by Gasteiger charge is 2.38. The minimum atomic E-state index is -0.306. The molecule has 23 aromatic rings. The van der Waals surface area contributed by atoms with Crippen LogP contribution in [0.25, 0.3) is 210 Å². The van der Waals surface area contributed by atoms with E-state index in [-0.39, 0.29) is 11.5 Å². The number of furan rings is 2. The van der Waals surface area contributed by atoms with E-state index in [1.807, 2.05) is 12.1 Å². The highest BCUT2D eigenvalue weighted by molar-refractivity contribution is 6.25. The van der Waals surface area contributed by atoms with Crippen LogP contribution in [0.2, 0.25) is 0 Å². The van der Waals surface area contributed by atoms with Gasteiger partial charge in [-0.25, -0.2) is 15.0 Å². The lowest BCUT2D eigenvalue weighted by molar-refractivity contribution is 0.661. The zero-order valence-corrected chi connectivity index (χ0v) is 66.6. The maximum absolute atomic E-state index is 6.83. The predicted molar refractivity (Wildman–Crippen MR) is 503 cm³/mol. The quantitative estimate of drug-likeness (QED) is 0.132. The Bertz CT molecular complexity index is 8290. The fourth-order valence-electron chi connectivity index (χ4n) is 19.9. The van der Waals surface area contributed by atoms with E-state index in [2.05, 4.69) is 415 Å². The average molecular weight is 1560 g/mol. The molecule has 1 atom stereocenters. The molecule has 0 amide bonds. The van der Waals surface area contributed by atoms with E-state index < -0.39 is 0 Å². The van der Waals surface area contributed by atoms with Crippen LogP contribution < -0.4 is 5.32 Å². The first kappa shape index (κ1) is 69.2. The normalized spacial score (nSPS) is 13.8. The van der Waals surface area contributed by atoms with Crippen LogP contribution in [0.15, 0.2) is 408 Å². The van der Waals surface area contributed by atoms with Crippen molar-refractivity contribution in [3.05, 3.63) is 422 Å². The van der Waals surface area contributed by atoms with Crippen molar-refractivity contribution in [3.8, 4) is 95.5 Å². The smallest absolute Gasteiger partial charge is 0.160 e. The van der Waals surface area contributed by atoms with E-state index in [0.29, 0.717) is 5.82 Å². The fraction of sp³-hybridized carbons (Fsp3) is 0.0354. The summed E-state index contributed by atoms with van der Waals surface area (Å²) in [7, 11) is 0. The molecule has 2 aliphatic rings. The molecule has 0 spiro atoms. The Morgan fingerprint density at radius 2 is 0.754 bits per heavy atom. The van der Waals surface area contributed by atoms with Gasteiger partial charge in [0, 0.05) is 82.0 Å². The van der Waals surface area contributed by atoms with Crippen molar-refractivity contribution in [1.29, 1.82) is 0 Å². The number of nitrogens with zero attached hydrogens (tertiary/aromatic N) is 6. The van der Waals surface area contributed by atoms with Crippen molar-refractivity contribution in [2.75, 3.05) is 0 Å². The predicted octanol–water partition coefficient (Wildman–Crippen LogP) is 29.0. The van der Waals surface area contributed by atoms with E-state index in [1.54, 1.807) is 0 Å². The molecule has 6 aromatic heterocycles. The molecule has 1 aliphatic heterocycles. The van der Waals surface area contributed by atoms with Gasteiger partial charge in [0.15, 0.2) is 5.82 Å². The SMILES string of the molecule is CC1(C)c2ccc(-c3cccc(C4=CC(c5ccccc5)NC(c5ccc(-c6ccc7oc8cccc(-n9c%10ccccc%10c%10ccc%11c%12ccccc%12n(-c%12ccccc%12)c%11c%109)c8c7c6)cc5)=N4)c3)cc2-c2cc3c4ccccc4n(-c4cccc5oc6ccc(-c7ccc(-c8nc(-c9ccccc9)cc(-c9ccccc9)n8)cc7)cc6c45)c3cc21. The van der Waals surface area contributed by atoms with Crippen molar-refractivity contribution in [2.24, 2.45) is 4.99 Å². The molecule has 1 unspecified atom stereocenters. The van der Waals surface area contributed by atoms with Crippen LogP contribution in [0.3, 0.4) is 0 Å². The number of fused-ring (bicyclic) bond motifs is 19. The van der Waals surface area contributed by atoms with E-state index in [1.165, 1.54) is 65.6 Å². The molecule has 9 nitrogen and oxygen atoms in total. The number of aliphatic imine (C=N–C) groups is 1. The number of hydrogen-bond donors (Lipinski definition) is 1. The first-order valence-corrected chi connectivity index (χ1v) is 41.8. The Hall–Kier alpha value is -16.0. The molecule has 1 aliphatic carbocycles. The molecule has 122 heavy (non-hydrogen) atoms. The fourth-order valence-corrected chi connectivity index (χ4v) is 19.9. The zero-order valence-electron chi connectivity index (χ0n) is 66.6. The van der Waals surface area contributed by atoms with Crippen molar-refractivity contribution >= 4 is 121 Å². The second kappa shape index (κ2) is 27.0. The van der Waals surface area contributed by atoms with E-state index in [0.717, 1.165) is 173 Å². The zero-order chi connectivity index (χ0) is 80.4. The summed E-state index contributed by atoms with van der Waals surface area (Å²) in [6.07, 6.45) is 2.27. The molecule has 25 rings (SSSR count). The Labute approximate surface area is 702 Å². The van der Waals surface area contributed by atoms with Crippen LogP contribution in [0.1, 0.15) is 47.7 Å². The van der Waals surface area contributed by atoms with Crippen molar-refractivity contribution in [3.63, 3.8) is 0 Å². The molecule has 0 radical (unpaired) electrons. The van der Waals surface area contributed by atoms with Gasteiger partial charge in [-0.1, -0.05) is 293 Å². The van der Waals surface area contributed by atoms with Gasteiger partial charge >= 0.3 is 0 Å². The third-order valence-electron chi connectivity index (χ3n) is 25.7. The van der Waals surface area contributed by atoms with Crippen LogP contribution >= 0.6 is 0 Å². The summed E-state index contributed by atoms with van der Waals surface area (Å²) in [5, 5.41) is 15.3. The van der Waals surface area contributed by atoms with E-state index in [9.17, 15) is 0 Å². The summed E-state index contributed by atoms with van der Waals surface area (Å²) in [6.45, 7) is 4.77. The van der Waals surface area contributed by atoms with Gasteiger partial charge in [0.2, 0.25) is 0 Å². The molecule has 572 valence electrons. The summed E-state index contributed by atoms with van der Waals surface area (Å²) in [4.78, 5) is 15.8. The molecule has 0 fully saturated rings. The molecular formula is C113H73N7O2. The molecule has 9 heteroatoms. The maximum Gasteiger partial charge on any atom is 0.160 e. The number of para-hydroxylation sites is 4. The highest BCUT2D eigenvalue weighted by Crippen LogP contribution is 2.54. The first-order valence-electron chi connectivity index (χ1n) is 41.8. The Kier molecular flexibility index (Phi) is 15.3. The minimum absolute atomic E-state index is 0.140. The van der Waals surface area contributed by atoms with Crippen molar-refractivity contribution < 1.29 is 8.83 Å². The van der Waals surface area contributed by atoms with Gasteiger partial charge in [-0.15, -0.1) is 0 Å². The molecule has 7 heterocycles. The maximum atomic E-state index is 6.83.